The molecule has 5 heteroatoms. The van der Waals surface area contributed by atoms with Gasteiger partial charge >= 0.3 is 0 Å². The first-order valence-electron chi connectivity index (χ1n) is 5.99. The van der Waals surface area contributed by atoms with Crippen LogP contribution in [0, 0.1) is 5.92 Å². The molecule has 5 nitrogen and oxygen atoms in total. The van der Waals surface area contributed by atoms with Gasteiger partial charge in [-0.2, -0.15) is 0 Å². The fourth-order valence-corrected chi connectivity index (χ4v) is 1.66. The lowest BCUT2D eigenvalue weighted by molar-refractivity contribution is -0.123. The van der Waals surface area contributed by atoms with Crippen LogP contribution in [0.3, 0.4) is 0 Å². The number of benzene rings is 1. The molecule has 2 rings (SSSR count). The summed E-state index contributed by atoms with van der Waals surface area (Å²) in [7, 11) is 0. The zero-order valence-corrected chi connectivity index (χ0v) is 10.6. The minimum absolute atomic E-state index is 0.127. The van der Waals surface area contributed by atoms with Crippen LogP contribution in [0.2, 0.25) is 0 Å². The molecule has 1 aliphatic heterocycles. The first kappa shape index (κ1) is 12.7. The van der Waals surface area contributed by atoms with Crippen molar-refractivity contribution in [1.82, 2.24) is 5.32 Å². The van der Waals surface area contributed by atoms with Crippen LogP contribution in [0.25, 0.3) is 0 Å². The third-order valence-corrected chi connectivity index (χ3v) is 2.92. The molecule has 1 atom stereocenters. The molecule has 0 bridgehead atoms. The Morgan fingerprint density at radius 1 is 1.39 bits per heavy atom. The number of rotatable bonds is 4. The van der Waals surface area contributed by atoms with Crippen molar-refractivity contribution in [2.45, 2.75) is 26.4 Å². The van der Waals surface area contributed by atoms with Crippen LogP contribution in [0.1, 0.15) is 19.4 Å². The zero-order chi connectivity index (χ0) is 13.1. The molecule has 1 amide bonds. The molecule has 0 spiro atoms. The molecule has 1 heterocycles. The zero-order valence-electron chi connectivity index (χ0n) is 10.6. The summed E-state index contributed by atoms with van der Waals surface area (Å²) in [5, 5.41) is 2.81. The standard InChI is InChI=1S/C13H18N2O3/c1-8(2)12(14)13(16)15-6-9-3-4-10-11(5-9)18-7-17-10/h3-5,8,12H,6-7,14H2,1-2H3,(H,15,16)/t12-/m0/s1. The second kappa shape index (κ2) is 5.27. The molecule has 0 aromatic heterocycles. The first-order valence-corrected chi connectivity index (χ1v) is 5.99. The van der Waals surface area contributed by atoms with Crippen molar-refractivity contribution in [3.8, 4) is 11.5 Å². The van der Waals surface area contributed by atoms with Crippen molar-refractivity contribution in [2.75, 3.05) is 6.79 Å². The number of nitrogens with two attached hydrogens (primary N) is 1. The molecule has 1 aromatic rings. The maximum Gasteiger partial charge on any atom is 0.237 e. The van der Waals surface area contributed by atoms with Crippen LogP contribution < -0.4 is 20.5 Å². The predicted octanol–water partition coefficient (Wildman–Crippen LogP) is 1.01. The van der Waals surface area contributed by atoms with Crippen molar-refractivity contribution >= 4 is 5.91 Å². The van der Waals surface area contributed by atoms with Gasteiger partial charge in [0.1, 0.15) is 0 Å². The van der Waals surface area contributed by atoms with Crippen LogP contribution in [0.5, 0.6) is 11.5 Å². The van der Waals surface area contributed by atoms with Crippen molar-refractivity contribution in [2.24, 2.45) is 11.7 Å². The molecular weight excluding hydrogens is 232 g/mol. The van der Waals surface area contributed by atoms with E-state index >= 15 is 0 Å². The highest BCUT2D eigenvalue weighted by molar-refractivity contribution is 5.81. The Morgan fingerprint density at radius 2 is 2.11 bits per heavy atom. The Labute approximate surface area is 106 Å². The van der Waals surface area contributed by atoms with E-state index < -0.39 is 6.04 Å². The van der Waals surface area contributed by atoms with E-state index in [1.54, 1.807) is 0 Å². The molecule has 0 saturated heterocycles. The third-order valence-electron chi connectivity index (χ3n) is 2.92. The van der Waals surface area contributed by atoms with Gasteiger partial charge in [0.05, 0.1) is 6.04 Å². The van der Waals surface area contributed by atoms with E-state index in [9.17, 15) is 4.79 Å². The highest BCUT2D eigenvalue weighted by atomic mass is 16.7. The van der Waals surface area contributed by atoms with Crippen LogP contribution in [0.15, 0.2) is 18.2 Å². The molecule has 3 N–H and O–H groups in total. The van der Waals surface area contributed by atoms with Crippen LogP contribution >= 0.6 is 0 Å². The third kappa shape index (κ3) is 2.73. The number of fused-ring (bicyclic) bond motifs is 1. The molecule has 1 aromatic carbocycles. The van der Waals surface area contributed by atoms with Gasteiger partial charge in [-0.25, -0.2) is 0 Å². The number of carbonyl (C=O) groups excluding carboxylic acids is 1. The summed E-state index contributed by atoms with van der Waals surface area (Å²) in [5.41, 5.74) is 6.72. The molecule has 0 unspecified atom stereocenters. The van der Waals surface area contributed by atoms with Crippen molar-refractivity contribution < 1.29 is 14.3 Å². The highest BCUT2D eigenvalue weighted by Gasteiger charge is 2.17. The number of amides is 1. The predicted molar refractivity (Wildman–Crippen MR) is 67.2 cm³/mol. The average Bonchev–Trinajstić information content (AvgIpc) is 2.82. The topological polar surface area (TPSA) is 73.6 Å². The van der Waals surface area contributed by atoms with Gasteiger partial charge < -0.3 is 20.5 Å². The lowest BCUT2D eigenvalue weighted by atomic mass is 10.0. The summed E-state index contributed by atoms with van der Waals surface area (Å²) >= 11 is 0. The Morgan fingerprint density at radius 3 is 2.83 bits per heavy atom. The number of hydrogen-bond acceptors (Lipinski definition) is 4. The lowest BCUT2D eigenvalue weighted by Gasteiger charge is -2.15. The smallest absolute Gasteiger partial charge is 0.237 e. The summed E-state index contributed by atoms with van der Waals surface area (Å²) in [5.74, 6) is 1.45. The van der Waals surface area contributed by atoms with Gasteiger partial charge in [0.15, 0.2) is 11.5 Å². The van der Waals surface area contributed by atoms with E-state index in [-0.39, 0.29) is 18.6 Å². The van der Waals surface area contributed by atoms with Gasteiger partial charge in [-0.3, -0.25) is 4.79 Å². The number of ether oxygens (including phenoxy) is 2. The monoisotopic (exact) mass is 250 g/mol. The van der Waals surface area contributed by atoms with Gasteiger partial charge in [0, 0.05) is 6.54 Å². The SMILES string of the molecule is CC(C)[C@H](N)C(=O)NCc1ccc2c(c1)OCO2. The Hall–Kier alpha value is -1.75. The maximum absolute atomic E-state index is 11.7. The molecular formula is C13H18N2O3. The van der Waals surface area contributed by atoms with Gasteiger partial charge in [-0.15, -0.1) is 0 Å². The van der Waals surface area contributed by atoms with Gasteiger partial charge in [0.2, 0.25) is 12.7 Å². The minimum Gasteiger partial charge on any atom is -0.454 e. The Kier molecular flexibility index (Phi) is 3.72. The second-order valence-corrected chi connectivity index (χ2v) is 4.68. The molecule has 0 fully saturated rings. The molecule has 0 saturated carbocycles. The van der Waals surface area contributed by atoms with Gasteiger partial charge in [-0.05, 0) is 23.6 Å². The van der Waals surface area contributed by atoms with Crippen LogP contribution in [-0.2, 0) is 11.3 Å². The largest absolute Gasteiger partial charge is 0.454 e. The number of hydrogen-bond donors (Lipinski definition) is 2. The van der Waals surface area contributed by atoms with Crippen molar-refractivity contribution in [3.63, 3.8) is 0 Å². The molecule has 18 heavy (non-hydrogen) atoms. The summed E-state index contributed by atoms with van der Waals surface area (Å²) < 4.78 is 10.5. The first-order chi connectivity index (χ1) is 8.58. The molecule has 98 valence electrons. The van der Waals surface area contributed by atoms with E-state index in [1.165, 1.54) is 0 Å². The fraction of sp³-hybridized carbons (Fsp3) is 0.462. The van der Waals surface area contributed by atoms with E-state index in [1.807, 2.05) is 32.0 Å². The van der Waals surface area contributed by atoms with Gasteiger partial charge in [-0.1, -0.05) is 19.9 Å². The molecule has 1 aliphatic rings. The summed E-state index contributed by atoms with van der Waals surface area (Å²) in [6, 6.07) is 5.13. The number of nitrogens with one attached hydrogen (secondary N) is 1. The molecule has 0 aliphatic carbocycles. The van der Waals surface area contributed by atoms with E-state index in [2.05, 4.69) is 5.32 Å². The normalized spacial score (nSPS) is 14.7. The minimum atomic E-state index is -0.473. The van der Waals surface area contributed by atoms with Crippen LogP contribution in [-0.4, -0.2) is 18.7 Å². The van der Waals surface area contributed by atoms with Gasteiger partial charge in [0.25, 0.3) is 0 Å². The fourth-order valence-electron chi connectivity index (χ4n) is 1.66. The van der Waals surface area contributed by atoms with E-state index in [0.717, 1.165) is 17.1 Å². The maximum atomic E-state index is 11.7. The van der Waals surface area contributed by atoms with Crippen molar-refractivity contribution in [3.05, 3.63) is 23.8 Å². The molecule has 0 radical (unpaired) electrons. The highest BCUT2D eigenvalue weighted by Crippen LogP contribution is 2.32. The van der Waals surface area contributed by atoms with Crippen molar-refractivity contribution in [1.29, 1.82) is 0 Å². The second-order valence-electron chi connectivity index (χ2n) is 4.68. The summed E-state index contributed by atoms with van der Waals surface area (Å²) in [4.78, 5) is 11.7. The van der Waals surface area contributed by atoms with E-state index in [0.29, 0.717) is 6.54 Å². The average molecular weight is 250 g/mol. The van der Waals surface area contributed by atoms with Crippen LogP contribution in [0.4, 0.5) is 0 Å². The Balaban J connectivity index is 1.93. The van der Waals surface area contributed by atoms with E-state index in [4.69, 9.17) is 15.2 Å². The lowest BCUT2D eigenvalue weighted by Crippen LogP contribution is -2.43. The Bertz CT molecular complexity index is 446. The summed E-state index contributed by atoms with van der Waals surface area (Å²) in [6.07, 6.45) is 0. The summed E-state index contributed by atoms with van der Waals surface area (Å²) in [6.45, 7) is 4.54. The quantitative estimate of drug-likeness (QED) is 0.836. The number of carbonyl (C=O) groups is 1.